The van der Waals surface area contributed by atoms with E-state index < -0.39 is 5.69 Å². The van der Waals surface area contributed by atoms with Crippen molar-refractivity contribution in [3.8, 4) is 0 Å². The summed E-state index contributed by atoms with van der Waals surface area (Å²) in [6, 6.07) is 0. The summed E-state index contributed by atoms with van der Waals surface area (Å²) in [7, 11) is 0. The molecular weight excluding hydrogens is 244 g/mol. The van der Waals surface area contributed by atoms with Crippen LogP contribution in [0.15, 0.2) is 9.59 Å². The summed E-state index contributed by atoms with van der Waals surface area (Å²) in [6.45, 7) is 6.16. The number of nitrogens with zero attached hydrogens (tertiary/aromatic N) is 1. The SMILES string of the molecule is CCc1c(Cl)[nH]c(=O)n(CCOC(C)C)c1=O. The van der Waals surface area contributed by atoms with E-state index in [4.69, 9.17) is 16.3 Å². The van der Waals surface area contributed by atoms with Crippen molar-refractivity contribution in [2.45, 2.75) is 39.8 Å². The van der Waals surface area contributed by atoms with Crippen LogP contribution >= 0.6 is 11.6 Å². The molecule has 96 valence electrons. The summed E-state index contributed by atoms with van der Waals surface area (Å²) >= 11 is 5.79. The molecule has 0 radical (unpaired) electrons. The largest absolute Gasteiger partial charge is 0.377 e. The molecule has 0 saturated heterocycles. The minimum atomic E-state index is -0.496. The molecule has 1 heterocycles. The molecule has 0 aliphatic heterocycles. The first-order chi connectivity index (χ1) is 7.97. The third kappa shape index (κ3) is 3.44. The third-order valence-corrected chi connectivity index (χ3v) is 2.67. The molecule has 1 aromatic rings. The Balaban J connectivity index is 3.00. The van der Waals surface area contributed by atoms with Crippen molar-refractivity contribution in [1.29, 1.82) is 0 Å². The van der Waals surface area contributed by atoms with Gasteiger partial charge in [-0.3, -0.25) is 14.3 Å². The number of nitrogens with one attached hydrogen (secondary N) is 1. The molecule has 0 bridgehead atoms. The van der Waals surface area contributed by atoms with E-state index in [0.29, 0.717) is 18.6 Å². The van der Waals surface area contributed by atoms with Crippen molar-refractivity contribution in [2.24, 2.45) is 0 Å². The van der Waals surface area contributed by atoms with Gasteiger partial charge in [0.1, 0.15) is 5.15 Å². The molecule has 0 aliphatic rings. The maximum absolute atomic E-state index is 11.9. The van der Waals surface area contributed by atoms with E-state index in [1.807, 2.05) is 20.8 Å². The number of H-pyrrole nitrogens is 1. The van der Waals surface area contributed by atoms with Gasteiger partial charge in [-0.05, 0) is 20.3 Å². The molecule has 0 saturated carbocycles. The topological polar surface area (TPSA) is 64.1 Å². The molecule has 0 atom stereocenters. The molecule has 0 aromatic carbocycles. The second kappa shape index (κ2) is 6.02. The van der Waals surface area contributed by atoms with Crippen LogP contribution in [0, 0.1) is 0 Å². The molecule has 0 spiro atoms. The Labute approximate surface area is 104 Å². The number of hydrogen-bond acceptors (Lipinski definition) is 3. The van der Waals surface area contributed by atoms with E-state index in [2.05, 4.69) is 4.98 Å². The number of aromatic amines is 1. The Morgan fingerprint density at radius 1 is 1.41 bits per heavy atom. The zero-order chi connectivity index (χ0) is 13.0. The van der Waals surface area contributed by atoms with Crippen LogP contribution in [-0.2, 0) is 17.7 Å². The van der Waals surface area contributed by atoms with Crippen LogP contribution in [-0.4, -0.2) is 22.3 Å². The third-order valence-electron chi connectivity index (χ3n) is 2.35. The summed E-state index contributed by atoms with van der Waals surface area (Å²) in [4.78, 5) is 25.9. The van der Waals surface area contributed by atoms with Gasteiger partial charge in [0.25, 0.3) is 5.56 Å². The fraction of sp³-hybridized carbons (Fsp3) is 0.636. The van der Waals surface area contributed by atoms with Crippen LogP contribution in [0.3, 0.4) is 0 Å². The van der Waals surface area contributed by atoms with Gasteiger partial charge in [0.05, 0.1) is 24.8 Å². The monoisotopic (exact) mass is 260 g/mol. The normalized spacial score (nSPS) is 11.1. The summed E-state index contributed by atoms with van der Waals surface area (Å²) in [5.74, 6) is 0. The van der Waals surface area contributed by atoms with Gasteiger partial charge in [0, 0.05) is 0 Å². The lowest BCUT2D eigenvalue weighted by Crippen LogP contribution is -2.38. The van der Waals surface area contributed by atoms with Crippen LogP contribution < -0.4 is 11.2 Å². The molecule has 0 unspecified atom stereocenters. The Kier molecular flexibility index (Phi) is 4.96. The lowest BCUT2D eigenvalue weighted by molar-refractivity contribution is 0.0715. The van der Waals surface area contributed by atoms with Crippen molar-refractivity contribution >= 4 is 11.6 Å². The summed E-state index contributed by atoms with van der Waals surface area (Å²) in [6.07, 6.45) is 0.558. The number of hydrogen-bond donors (Lipinski definition) is 1. The lowest BCUT2D eigenvalue weighted by atomic mass is 10.2. The highest BCUT2D eigenvalue weighted by atomic mass is 35.5. The van der Waals surface area contributed by atoms with E-state index in [1.54, 1.807) is 0 Å². The van der Waals surface area contributed by atoms with E-state index in [0.717, 1.165) is 4.57 Å². The van der Waals surface area contributed by atoms with Gasteiger partial charge in [-0.2, -0.15) is 0 Å². The second-order valence-corrected chi connectivity index (χ2v) is 4.33. The van der Waals surface area contributed by atoms with Crippen LogP contribution in [0.2, 0.25) is 5.15 Å². The molecular formula is C11H17ClN2O3. The van der Waals surface area contributed by atoms with E-state index in [1.165, 1.54) is 0 Å². The molecule has 17 heavy (non-hydrogen) atoms. The van der Waals surface area contributed by atoms with Crippen LogP contribution in [0.4, 0.5) is 0 Å². The van der Waals surface area contributed by atoms with Gasteiger partial charge in [-0.1, -0.05) is 18.5 Å². The van der Waals surface area contributed by atoms with E-state index in [9.17, 15) is 9.59 Å². The van der Waals surface area contributed by atoms with Crippen molar-refractivity contribution in [3.63, 3.8) is 0 Å². The maximum Gasteiger partial charge on any atom is 0.329 e. The zero-order valence-electron chi connectivity index (χ0n) is 10.2. The van der Waals surface area contributed by atoms with Crippen LogP contribution in [0.25, 0.3) is 0 Å². The van der Waals surface area contributed by atoms with Crippen LogP contribution in [0.5, 0.6) is 0 Å². The predicted octanol–water partition coefficient (Wildman–Crippen LogP) is 1.18. The Bertz CT molecular complexity index is 490. The van der Waals surface area contributed by atoms with Gasteiger partial charge in [0.2, 0.25) is 0 Å². The summed E-state index contributed by atoms with van der Waals surface area (Å²) in [5.41, 5.74) is -0.408. The summed E-state index contributed by atoms with van der Waals surface area (Å²) in [5, 5.41) is 0.128. The van der Waals surface area contributed by atoms with E-state index in [-0.39, 0.29) is 23.4 Å². The Morgan fingerprint density at radius 3 is 2.59 bits per heavy atom. The van der Waals surface area contributed by atoms with Gasteiger partial charge in [-0.25, -0.2) is 4.79 Å². The van der Waals surface area contributed by atoms with Crippen LogP contribution in [0.1, 0.15) is 26.3 Å². The van der Waals surface area contributed by atoms with Crippen molar-refractivity contribution in [2.75, 3.05) is 6.61 Å². The molecule has 1 rings (SSSR count). The lowest BCUT2D eigenvalue weighted by Gasteiger charge is -2.10. The predicted molar refractivity (Wildman–Crippen MR) is 66.8 cm³/mol. The second-order valence-electron chi connectivity index (χ2n) is 3.95. The molecule has 1 N–H and O–H groups in total. The highest BCUT2D eigenvalue weighted by molar-refractivity contribution is 6.30. The quantitative estimate of drug-likeness (QED) is 0.809. The average Bonchev–Trinajstić information content (AvgIpc) is 2.22. The fourth-order valence-corrected chi connectivity index (χ4v) is 1.77. The fourth-order valence-electron chi connectivity index (χ4n) is 1.48. The number of rotatable bonds is 5. The molecule has 1 aromatic heterocycles. The van der Waals surface area contributed by atoms with Gasteiger partial charge in [0.15, 0.2) is 0 Å². The standard InChI is InChI=1S/C11H17ClN2O3/c1-4-8-9(12)13-11(16)14(10(8)15)5-6-17-7(2)3/h7H,4-6H2,1-3H3,(H,13,16). The van der Waals surface area contributed by atoms with Crippen molar-refractivity contribution in [1.82, 2.24) is 9.55 Å². The Hall–Kier alpha value is -1.07. The zero-order valence-corrected chi connectivity index (χ0v) is 11.0. The minimum absolute atomic E-state index is 0.0720. The average molecular weight is 261 g/mol. The summed E-state index contributed by atoms with van der Waals surface area (Å²) < 4.78 is 6.43. The van der Waals surface area contributed by atoms with Gasteiger partial charge in [-0.15, -0.1) is 0 Å². The highest BCUT2D eigenvalue weighted by Gasteiger charge is 2.10. The van der Waals surface area contributed by atoms with Gasteiger partial charge >= 0.3 is 5.69 Å². The van der Waals surface area contributed by atoms with E-state index >= 15 is 0 Å². The number of aromatic nitrogens is 2. The maximum atomic E-state index is 11.9. The molecule has 0 aliphatic carbocycles. The smallest absolute Gasteiger partial charge is 0.329 e. The number of ether oxygens (including phenoxy) is 1. The Morgan fingerprint density at radius 2 is 2.06 bits per heavy atom. The number of halogens is 1. The molecule has 0 amide bonds. The molecule has 5 nitrogen and oxygen atoms in total. The van der Waals surface area contributed by atoms with Crippen molar-refractivity contribution < 1.29 is 4.74 Å². The molecule has 0 fully saturated rings. The molecule has 6 heteroatoms. The first-order valence-corrected chi connectivity index (χ1v) is 5.98. The highest BCUT2D eigenvalue weighted by Crippen LogP contribution is 2.05. The van der Waals surface area contributed by atoms with Crippen molar-refractivity contribution in [3.05, 3.63) is 31.6 Å². The first-order valence-electron chi connectivity index (χ1n) is 5.60. The van der Waals surface area contributed by atoms with Gasteiger partial charge < -0.3 is 4.74 Å². The minimum Gasteiger partial charge on any atom is -0.377 e. The first kappa shape index (κ1) is 14.0.